The Bertz CT molecular complexity index is 1040. The number of nitrogens with one attached hydrogen (secondary N) is 1. The molecule has 1 fully saturated rings. The second kappa shape index (κ2) is 9.60. The minimum atomic E-state index is 0.0121. The van der Waals surface area contributed by atoms with Crippen molar-refractivity contribution in [1.82, 2.24) is 15.3 Å². The summed E-state index contributed by atoms with van der Waals surface area (Å²) in [5, 5.41) is 3.10. The molecule has 0 aliphatic carbocycles. The number of aromatic nitrogens is 2. The van der Waals surface area contributed by atoms with E-state index in [9.17, 15) is 4.79 Å². The highest BCUT2D eigenvalue weighted by atomic mass is 16.5. The Morgan fingerprint density at radius 2 is 1.84 bits per heavy atom. The maximum Gasteiger partial charge on any atom is 0.263 e. The van der Waals surface area contributed by atoms with E-state index in [0.717, 1.165) is 48.6 Å². The zero-order chi connectivity index (χ0) is 21.6. The molecule has 31 heavy (non-hydrogen) atoms. The van der Waals surface area contributed by atoms with Crippen LogP contribution >= 0.6 is 0 Å². The van der Waals surface area contributed by atoms with Crippen LogP contribution in [0.3, 0.4) is 0 Å². The Labute approximate surface area is 183 Å². The molecule has 6 heteroatoms. The van der Waals surface area contributed by atoms with E-state index in [1.54, 1.807) is 12.4 Å². The third-order valence-corrected chi connectivity index (χ3v) is 5.73. The van der Waals surface area contributed by atoms with Gasteiger partial charge in [0, 0.05) is 37.9 Å². The van der Waals surface area contributed by atoms with Crippen LogP contribution in [-0.4, -0.2) is 29.0 Å². The van der Waals surface area contributed by atoms with Crippen molar-refractivity contribution in [3.05, 3.63) is 77.6 Å². The third-order valence-electron chi connectivity index (χ3n) is 5.73. The Morgan fingerprint density at radius 3 is 2.61 bits per heavy atom. The normalized spacial score (nSPS) is 14.3. The van der Waals surface area contributed by atoms with Crippen LogP contribution in [0, 0.1) is 19.8 Å². The minimum absolute atomic E-state index is 0.0121. The largest absolute Gasteiger partial charge is 0.436 e. The molecule has 3 aromatic rings. The lowest BCUT2D eigenvalue weighted by molar-refractivity contribution is -0.125. The van der Waals surface area contributed by atoms with Crippen LogP contribution in [0.2, 0.25) is 0 Å². The monoisotopic (exact) mass is 416 g/mol. The molecule has 0 bridgehead atoms. The lowest BCUT2D eigenvalue weighted by atomic mass is 9.95. The molecule has 1 amide bonds. The molecule has 0 unspecified atom stereocenters. The van der Waals surface area contributed by atoms with Gasteiger partial charge in [0.2, 0.25) is 5.91 Å². The van der Waals surface area contributed by atoms with Crippen molar-refractivity contribution in [2.75, 3.05) is 18.0 Å². The van der Waals surface area contributed by atoms with Gasteiger partial charge in [-0.25, -0.2) is 9.97 Å². The van der Waals surface area contributed by atoms with Crippen molar-refractivity contribution in [2.24, 2.45) is 5.92 Å². The molecule has 1 aliphatic heterocycles. The SMILES string of the molecule is Cc1cccc(Oc2nccnc2N2CCC(C(=O)NCc3ccccc3C)CC2)c1. The second-order valence-corrected chi connectivity index (χ2v) is 8.01. The zero-order valence-electron chi connectivity index (χ0n) is 18.0. The first-order chi connectivity index (χ1) is 15.1. The predicted octanol–water partition coefficient (Wildman–Crippen LogP) is 4.42. The number of amides is 1. The number of anilines is 1. The molecule has 1 aromatic heterocycles. The third kappa shape index (κ3) is 5.20. The molecule has 1 saturated heterocycles. The summed E-state index contributed by atoms with van der Waals surface area (Å²) < 4.78 is 6.02. The molecule has 0 radical (unpaired) electrons. The van der Waals surface area contributed by atoms with E-state index in [0.29, 0.717) is 12.4 Å². The van der Waals surface area contributed by atoms with Crippen LogP contribution in [0.1, 0.15) is 29.5 Å². The lowest BCUT2D eigenvalue weighted by Crippen LogP contribution is -2.40. The van der Waals surface area contributed by atoms with Crippen molar-refractivity contribution in [3.8, 4) is 11.6 Å². The Hall–Kier alpha value is -3.41. The highest BCUT2D eigenvalue weighted by Gasteiger charge is 2.27. The number of aryl methyl sites for hydroxylation is 2. The average Bonchev–Trinajstić information content (AvgIpc) is 2.79. The van der Waals surface area contributed by atoms with Crippen LogP contribution in [0.4, 0.5) is 5.82 Å². The topological polar surface area (TPSA) is 67.4 Å². The molecule has 4 rings (SSSR count). The average molecular weight is 417 g/mol. The molecule has 1 N–H and O–H groups in total. The fourth-order valence-electron chi connectivity index (χ4n) is 3.89. The van der Waals surface area contributed by atoms with Crippen LogP contribution in [-0.2, 0) is 11.3 Å². The van der Waals surface area contributed by atoms with Gasteiger partial charge in [0.15, 0.2) is 5.82 Å². The molecule has 160 valence electrons. The van der Waals surface area contributed by atoms with Gasteiger partial charge in [-0.2, -0.15) is 0 Å². The summed E-state index contributed by atoms with van der Waals surface area (Å²) in [6.07, 6.45) is 4.87. The summed E-state index contributed by atoms with van der Waals surface area (Å²) in [4.78, 5) is 23.8. The Balaban J connectivity index is 1.35. The number of piperidine rings is 1. The smallest absolute Gasteiger partial charge is 0.263 e. The van der Waals surface area contributed by atoms with E-state index in [-0.39, 0.29) is 11.8 Å². The fraction of sp³-hybridized carbons (Fsp3) is 0.320. The van der Waals surface area contributed by atoms with E-state index in [1.165, 1.54) is 5.56 Å². The molecule has 0 atom stereocenters. The first-order valence-electron chi connectivity index (χ1n) is 10.7. The summed E-state index contributed by atoms with van der Waals surface area (Å²) in [7, 11) is 0. The van der Waals surface area contributed by atoms with Crippen molar-refractivity contribution in [3.63, 3.8) is 0 Å². The van der Waals surface area contributed by atoms with Gasteiger partial charge in [0.25, 0.3) is 5.88 Å². The summed E-state index contributed by atoms with van der Waals surface area (Å²) in [5.41, 5.74) is 3.48. The van der Waals surface area contributed by atoms with Crippen molar-refractivity contribution in [2.45, 2.75) is 33.2 Å². The number of carbonyl (C=O) groups excluding carboxylic acids is 1. The van der Waals surface area contributed by atoms with Crippen molar-refractivity contribution >= 4 is 11.7 Å². The van der Waals surface area contributed by atoms with E-state index in [1.807, 2.05) is 43.3 Å². The number of nitrogens with zero attached hydrogens (tertiary/aromatic N) is 3. The van der Waals surface area contributed by atoms with Gasteiger partial charge >= 0.3 is 0 Å². The van der Waals surface area contributed by atoms with Crippen molar-refractivity contribution in [1.29, 1.82) is 0 Å². The standard InChI is InChI=1S/C25H28N4O2/c1-18-6-5-9-22(16-18)31-25-23(26-12-13-27-25)29-14-10-20(11-15-29)24(30)28-17-21-8-4-3-7-19(21)2/h3-9,12-13,16,20H,10-11,14-15,17H2,1-2H3,(H,28,30). The molecular weight excluding hydrogens is 388 g/mol. The lowest BCUT2D eigenvalue weighted by Gasteiger charge is -2.32. The number of ether oxygens (including phenoxy) is 1. The van der Waals surface area contributed by atoms with E-state index in [4.69, 9.17) is 4.74 Å². The van der Waals surface area contributed by atoms with Gasteiger partial charge in [-0.1, -0.05) is 36.4 Å². The Morgan fingerprint density at radius 1 is 1.06 bits per heavy atom. The number of hydrogen-bond donors (Lipinski definition) is 1. The van der Waals surface area contributed by atoms with Crippen LogP contribution in [0.15, 0.2) is 60.9 Å². The molecular formula is C25H28N4O2. The maximum atomic E-state index is 12.7. The molecule has 0 spiro atoms. The van der Waals surface area contributed by atoms with Crippen LogP contribution < -0.4 is 15.0 Å². The molecule has 2 aromatic carbocycles. The fourth-order valence-corrected chi connectivity index (χ4v) is 3.89. The predicted molar refractivity (Wildman–Crippen MR) is 121 cm³/mol. The van der Waals surface area contributed by atoms with E-state index in [2.05, 4.69) is 39.2 Å². The Kier molecular flexibility index (Phi) is 6.46. The summed E-state index contributed by atoms with van der Waals surface area (Å²) in [6, 6.07) is 16.0. The minimum Gasteiger partial charge on any atom is -0.436 e. The number of rotatable bonds is 6. The van der Waals surface area contributed by atoms with E-state index >= 15 is 0 Å². The highest BCUT2D eigenvalue weighted by Crippen LogP contribution is 2.31. The summed E-state index contributed by atoms with van der Waals surface area (Å²) in [5.74, 6) is 2.10. The number of carbonyl (C=O) groups is 1. The van der Waals surface area contributed by atoms with Gasteiger partial charge in [-0.3, -0.25) is 4.79 Å². The van der Waals surface area contributed by atoms with Gasteiger partial charge in [0.1, 0.15) is 5.75 Å². The van der Waals surface area contributed by atoms with Gasteiger partial charge in [0.05, 0.1) is 0 Å². The van der Waals surface area contributed by atoms with Gasteiger partial charge < -0.3 is 15.0 Å². The van der Waals surface area contributed by atoms with Gasteiger partial charge in [-0.05, 0) is 55.5 Å². The molecule has 2 heterocycles. The first kappa shape index (κ1) is 20.8. The molecule has 0 saturated carbocycles. The maximum absolute atomic E-state index is 12.7. The van der Waals surface area contributed by atoms with Gasteiger partial charge in [-0.15, -0.1) is 0 Å². The zero-order valence-corrected chi connectivity index (χ0v) is 18.0. The summed E-state index contributed by atoms with van der Waals surface area (Å²) >= 11 is 0. The highest BCUT2D eigenvalue weighted by molar-refractivity contribution is 5.79. The summed E-state index contributed by atoms with van der Waals surface area (Å²) in [6.45, 7) is 6.15. The number of hydrogen-bond acceptors (Lipinski definition) is 5. The van der Waals surface area contributed by atoms with Crippen LogP contribution in [0.25, 0.3) is 0 Å². The second-order valence-electron chi connectivity index (χ2n) is 8.01. The first-order valence-corrected chi connectivity index (χ1v) is 10.7. The molecule has 6 nitrogen and oxygen atoms in total. The molecule has 1 aliphatic rings. The number of benzene rings is 2. The quantitative estimate of drug-likeness (QED) is 0.644. The van der Waals surface area contributed by atoms with Crippen LogP contribution in [0.5, 0.6) is 11.6 Å². The van der Waals surface area contributed by atoms with Crippen molar-refractivity contribution < 1.29 is 9.53 Å². The van der Waals surface area contributed by atoms with E-state index < -0.39 is 0 Å².